The second-order valence-electron chi connectivity index (χ2n) is 8.37. The van der Waals surface area contributed by atoms with E-state index in [-0.39, 0.29) is 25.0 Å². The van der Waals surface area contributed by atoms with Gasteiger partial charge in [0.25, 0.3) is 0 Å². The summed E-state index contributed by atoms with van der Waals surface area (Å²) >= 11 is 0. The van der Waals surface area contributed by atoms with Gasteiger partial charge in [-0.05, 0) is 37.1 Å². The third kappa shape index (κ3) is 6.23. The minimum Gasteiger partial charge on any atom is -0.488 e. The van der Waals surface area contributed by atoms with Crippen molar-refractivity contribution in [1.82, 2.24) is 10.6 Å². The molecule has 2 aromatic rings. The number of rotatable bonds is 9. The van der Waals surface area contributed by atoms with Crippen LogP contribution in [-0.4, -0.2) is 72.6 Å². The lowest BCUT2D eigenvalue weighted by Crippen LogP contribution is -2.35. The molecule has 0 aliphatic carbocycles. The number of aliphatic hydroxyl groups is 2. The summed E-state index contributed by atoms with van der Waals surface area (Å²) in [7, 11) is 0. The summed E-state index contributed by atoms with van der Waals surface area (Å²) < 4.78 is 11.6. The lowest BCUT2D eigenvalue weighted by Gasteiger charge is -2.16. The molecular weight excluding hydrogens is 440 g/mol. The van der Waals surface area contributed by atoms with Gasteiger partial charge in [0.15, 0.2) is 0 Å². The van der Waals surface area contributed by atoms with Gasteiger partial charge in [-0.15, -0.1) is 0 Å². The van der Waals surface area contributed by atoms with Crippen molar-refractivity contribution >= 4 is 23.2 Å². The van der Waals surface area contributed by atoms with Gasteiger partial charge >= 0.3 is 0 Å². The Bertz CT molecular complexity index is 923. The average molecular weight is 471 g/mol. The second-order valence-corrected chi connectivity index (χ2v) is 8.37. The van der Waals surface area contributed by atoms with E-state index in [2.05, 4.69) is 21.3 Å². The van der Waals surface area contributed by atoms with Gasteiger partial charge in [0.05, 0.1) is 35.7 Å². The number of anilines is 2. The number of β-amino-alcohol motifs (C(OH)–C–C–N with tert-alkyl or cyclic N) is 2. The van der Waals surface area contributed by atoms with Crippen molar-refractivity contribution < 1.29 is 29.3 Å². The van der Waals surface area contributed by atoms with E-state index in [9.17, 15) is 19.8 Å². The molecule has 0 bridgehead atoms. The second kappa shape index (κ2) is 11.3. The summed E-state index contributed by atoms with van der Waals surface area (Å²) in [6, 6.07) is 13.3. The lowest BCUT2D eigenvalue weighted by atomic mass is 10.2. The zero-order chi connectivity index (χ0) is 23.9. The van der Waals surface area contributed by atoms with Crippen molar-refractivity contribution in [3.63, 3.8) is 0 Å². The molecule has 0 radical (unpaired) electrons. The molecule has 182 valence electrons. The summed E-state index contributed by atoms with van der Waals surface area (Å²) in [6.07, 6.45) is -0.298. The molecule has 0 unspecified atom stereocenters. The molecule has 0 aromatic heterocycles. The number of carbonyl (C=O) groups excluding carboxylic acids is 2. The zero-order valence-electron chi connectivity index (χ0n) is 18.7. The van der Waals surface area contributed by atoms with Gasteiger partial charge in [0.2, 0.25) is 11.8 Å². The monoisotopic (exact) mass is 470 g/mol. The molecule has 0 spiro atoms. The van der Waals surface area contributed by atoms with Crippen LogP contribution in [0.5, 0.6) is 11.5 Å². The van der Waals surface area contributed by atoms with Crippen LogP contribution < -0.4 is 30.7 Å². The molecular formula is C24H30N4O6. The Morgan fingerprint density at radius 2 is 1.18 bits per heavy atom. The molecule has 6 N–H and O–H groups in total. The Balaban J connectivity index is 1.28. The average Bonchev–Trinajstić information content (AvgIpc) is 3.47. The molecule has 4 atom stereocenters. The van der Waals surface area contributed by atoms with E-state index in [4.69, 9.17) is 9.47 Å². The van der Waals surface area contributed by atoms with Crippen LogP contribution in [0.1, 0.15) is 12.8 Å². The summed E-state index contributed by atoms with van der Waals surface area (Å²) in [5, 5.41) is 30.9. The molecule has 34 heavy (non-hydrogen) atoms. The van der Waals surface area contributed by atoms with Crippen LogP contribution in [0.3, 0.4) is 0 Å². The van der Waals surface area contributed by atoms with Crippen LogP contribution >= 0.6 is 0 Å². The van der Waals surface area contributed by atoms with Crippen molar-refractivity contribution in [3.8, 4) is 11.5 Å². The van der Waals surface area contributed by atoms with Crippen molar-refractivity contribution in [1.29, 1.82) is 0 Å². The number of hydrogen-bond acceptors (Lipinski definition) is 8. The number of amides is 2. The van der Waals surface area contributed by atoms with Crippen LogP contribution in [0.25, 0.3) is 0 Å². The quantitative estimate of drug-likeness (QED) is 0.291. The minimum absolute atomic E-state index is 0.214. The first-order chi connectivity index (χ1) is 16.5. The lowest BCUT2D eigenvalue weighted by molar-refractivity contribution is -0.118. The van der Waals surface area contributed by atoms with Gasteiger partial charge in [-0.3, -0.25) is 9.59 Å². The summed E-state index contributed by atoms with van der Waals surface area (Å²) in [6.45, 7) is 1.22. The zero-order valence-corrected chi connectivity index (χ0v) is 18.7. The van der Waals surface area contributed by atoms with E-state index in [0.717, 1.165) is 0 Å². The summed E-state index contributed by atoms with van der Waals surface area (Å²) in [5.74, 6) is 0.562. The van der Waals surface area contributed by atoms with Gasteiger partial charge in [0, 0.05) is 13.1 Å². The molecule has 2 saturated heterocycles. The van der Waals surface area contributed by atoms with E-state index >= 15 is 0 Å². The molecule has 2 heterocycles. The van der Waals surface area contributed by atoms with Crippen molar-refractivity contribution in [2.45, 2.75) is 37.1 Å². The van der Waals surface area contributed by atoms with Crippen molar-refractivity contribution in [2.24, 2.45) is 0 Å². The maximum Gasteiger partial charge on any atom is 0.241 e. The molecule has 2 aromatic carbocycles. The molecule has 0 saturated carbocycles. The SMILES string of the molecule is O=C(Nc1ccccc1OCCOc1ccccc1NC(=O)[C@@H]1C[C@@H](O)CN1)[C@@H]1C[C@@H](O)CN1. The number of nitrogens with one attached hydrogen (secondary N) is 4. The first-order valence-corrected chi connectivity index (χ1v) is 11.4. The molecule has 10 heteroatoms. The summed E-state index contributed by atoms with van der Waals surface area (Å²) in [5.41, 5.74) is 1.07. The predicted molar refractivity (Wildman–Crippen MR) is 126 cm³/mol. The summed E-state index contributed by atoms with van der Waals surface area (Å²) in [4.78, 5) is 24.9. The smallest absolute Gasteiger partial charge is 0.241 e. The van der Waals surface area contributed by atoms with Crippen molar-refractivity contribution in [3.05, 3.63) is 48.5 Å². The highest BCUT2D eigenvalue weighted by molar-refractivity contribution is 5.97. The normalized spacial score (nSPS) is 23.9. The fourth-order valence-corrected chi connectivity index (χ4v) is 3.97. The fraction of sp³-hybridized carbons (Fsp3) is 0.417. The van der Waals surface area contributed by atoms with Gasteiger partial charge in [-0.2, -0.15) is 0 Å². The van der Waals surface area contributed by atoms with Crippen LogP contribution in [-0.2, 0) is 9.59 Å². The number of ether oxygens (including phenoxy) is 2. The topological polar surface area (TPSA) is 141 Å². The Morgan fingerprint density at radius 1 is 0.765 bits per heavy atom. The van der Waals surface area contributed by atoms with Crippen LogP contribution in [0.2, 0.25) is 0 Å². The Hall–Kier alpha value is -3.18. The molecule has 2 fully saturated rings. The largest absolute Gasteiger partial charge is 0.488 e. The Morgan fingerprint density at radius 3 is 1.56 bits per heavy atom. The third-order valence-electron chi connectivity index (χ3n) is 5.74. The van der Waals surface area contributed by atoms with Crippen molar-refractivity contribution in [2.75, 3.05) is 36.9 Å². The number of benzene rings is 2. The fourth-order valence-electron chi connectivity index (χ4n) is 3.97. The minimum atomic E-state index is -0.520. The number of para-hydroxylation sites is 4. The number of hydrogen-bond donors (Lipinski definition) is 6. The molecule has 4 rings (SSSR count). The van der Waals surface area contributed by atoms with Crippen LogP contribution in [0, 0.1) is 0 Å². The molecule has 10 nitrogen and oxygen atoms in total. The van der Waals surface area contributed by atoms with Gasteiger partial charge in [0.1, 0.15) is 24.7 Å². The van der Waals surface area contributed by atoms with E-state index in [0.29, 0.717) is 48.8 Å². The van der Waals surface area contributed by atoms with Gasteiger partial charge in [-0.1, -0.05) is 24.3 Å². The standard InChI is InChI=1S/C24H30N4O6/c29-15-11-19(25-13-15)23(31)27-17-5-1-3-7-21(17)33-9-10-34-22-8-4-2-6-18(22)28-24(32)20-12-16(30)14-26-20/h1-8,15-16,19-20,25-26,29-30H,9-14H2,(H,27,31)(H,28,32)/t15-,16-,19+,20+/m1/s1. The highest BCUT2D eigenvalue weighted by atomic mass is 16.5. The Labute approximate surface area is 197 Å². The highest BCUT2D eigenvalue weighted by Crippen LogP contribution is 2.26. The van der Waals surface area contributed by atoms with Gasteiger partial charge in [-0.25, -0.2) is 0 Å². The van der Waals surface area contributed by atoms with E-state index < -0.39 is 24.3 Å². The number of carbonyl (C=O) groups is 2. The molecule has 2 amide bonds. The maximum absolute atomic E-state index is 12.4. The van der Waals surface area contributed by atoms with Crippen LogP contribution in [0.15, 0.2) is 48.5 Å². The highest BCUT2D eigenvalue weighted by Gasteiger charge is 2.29. The Kier molecular flexibility index (Phi) is 7.96. The van der Waals surface area contributed by atoms with Gasteiger partial charge < -0.3 is 41.0 Å². The van der Waals surface area contributed by atoms with E-state index in [1.165, 1.54) is 0 Å². The molecule has 2 aliphatic heterocycles. The van der Waals surface area contributed by atoms with Crippen LogP contribution in [0.4, 0.5) is 11.4 Å². The number of aliphatic hydroxyl groups excluding tert-OH is 2. The molecule has 2 aliphatic rings. The first kappa shape index (κ1) is 24.0. The van der Waals surface area contributed by atoms with E-state index in [1.807, 2.05) is 12.1 Å². The maximum atomic E-state index is 12.4. The van der Waals surface area contributed by atoms with E-state index in [1.54, 1.807) is 36.4 Å². The third-order valence-corrected chi connectivity index (χ3v) is 5.74. The predicted octanol–water partition coefficient (Wildman–Crippen LogP) is 0.467. The first-order valence-electron chi connectivity index (χ1n) is 11.4.